The lowest BCUT2D eigenvalue weighted by Crippen LogP contribution is -2.57. The highest BCUT2D eigenvalue weighted by Gasteiger charge is 2.34. The van der Waals surface area contributed by atoms with Gasteiger partial charge in [0, 0.05) is 42.0 Å². The van der Waals surface area contributed by atoms with Gasteiger partial charge < -0.3 is 9.80 Å². The predicted octanol–water partition coefficient (Wildman–Crippen LogP) is 4.37. The average molecular weight is 494 g/mol. The van der Waals surface area contributed by atoms with Crippen LogP contribution in [0, 0.1) is 6.92 Å². The maximum Gasteiger partial charge on any atom is 0.236 e. The molecule has 4 heterocycles. The minimum absolute atomic E-state index is 0.0298. The quantitative estimate of drug-likeness (QED) is 0.530. The summed E-state index contributed by atoms with van der Waals surface area (Å²) >= 11 is 3.44. The van der Waals surface area contributed by atoms with Gasteiger partial charge in [-0.05, 0) is 59.9 Å². The van der Waals surface area contributed by atoms with Crippen molar-refractivity contribution in [3.63, 3.8) is 0 Å². The van der Waals surface area contributed by atoms with E-state index >= 15 is 0 Å². The van der Waals surface area contributed by atoms with E-state index in [1.54, 1.807) is 11.3 Å². The number of amides is 2. The molecule has 5 rings (SSSR count). The van der Waals surface area contributed by atoms with Crippen LogP contribution in [0.3, 0.4) is 0 Å². The second kappa shape index (κ2) is 10.0. The number of hydrogen-bond acceptors (Lipinski definition) is 5. The Kier molecular flexibility index (Phi) is 6.86. The number of fused-ring (bicyclic) bond motifs is 1. The Hall–Kier alpha value is -2.48. The number of benzene rings is 1. The van der Waals surface area contributed by atoms with Gasteiger partial charge in [0.05, 0.1) is 19.0 Å². The topological polar surface area (TPSA) is 43.9 Å². The van der Waals surface area contributed by atoms with E-state index in [0.29, 0.717) is 32.6 Å². The molecule has 1 aromatic carbocycles. The van der Waals surface area contributed by atoms with Crippen LogP contribution >= 0.6 is 22.7 Å². The van der Waals surface area contributed by atoms with Gasteiger partial charge >= 0.3 is 0 Å². The standard InChI is InChI=1S/C27H31N3O2S2/c1-19-6-3-4-8-22(19)27-23-10-15-34-24(23)9-11-29(27)18-26(32)28-12-13-30(20(2)17-28)25(31)16-21-7-5-14-33-21/h3-8,10,14-15,20,27H,9,11-13,16-18H2,1-2H3. The molecule has 34 heavy (non-hydrogen) atoms. The van der Waals surface area contributed by atoms with Gasteiger partial charge in [0.15, 0.2) is 0 Å². The molecule has 0 saturated carbocycles. The molecule has 0 spiro atoms. The van der Waals surface area contributed by atoms with Crippen molar-refractivity contribution in [2.75, 3.05) is 32.7 Å². The smallest absolute Gasteiger partial charge is 0.236 e. The van der Waals surface area contributed by atoms with Crippen molar-refractivity contribution in [3.05, 3.63) is 79.7 Å². The molecule has 7 heteroatoms. The predicted molar refractivity (Wildman–Crippen MR) is 138 cm³/mol. The highest BCUT2D eigenvalue weighted by Crippen LogP contribution is 2.38. The van der Waals surface area contributed by atoms with E-state index in [-0.39, 0.29) is 23.9 Å². The summed E-state index contributed by atoms with van der Waals surface area (Å²) in [4.78, 5) is 35.0. The molecule has 2 amide bonds. The third kappa shape index (κ3) is 4.69. The number of carbonyl (C=O) groups excluding carboxylic acids is 2. The zero-order chi connectivity index (χ0) is 23.7. The SMILES string of the molecule is Cc1ccccc1C1c2ccsc2CCN1CC(=O)N1CCN(C(=O)Cc2cccs2)C(C)C1. The summed E-state index contributed by atoms with van der Waals surface area (Å²) in [6, 6.07) is 14.9. The summed E-state index contributed by atoms with van der Waals surface area (Å²) in [5, 5.41) is 4.18. The first-order chi connectivity index (χ1) is 16.5. The lowest BCUT2D eigenvalue weighted by molar-refractivity contribution is -0.143. The third-order valence-electron chi connectivity index (χ3n) is 7.09. The van der Waals surface area contributed by atoms with Crippen LogP contribution < -0.4 is 0 Å². The van der Waals surface area contributed by atoms with Crippen LogP contribution in [0.4, 0.5) is 0 Å². The van der Waals surface area contributed by atoms with E-state index in [1.807, 2.05) is 38.6 Å². The minimum Gasteiger partial charge on any atom is -0.338 e. The number of piperazine rings is 1. The second-order valence-electron chi connectivity index (χ2n) is 9.31. The Morgan fingerprint density at radius 3 is 2.56 bits per heavy atom. The minimum atomic E-state index is 0.0298. The summed E-state index contributed by atoms with van der Waals surface area (Å²) in [5.74, 6) is 0.317. The summed E-state index contributed by atoms with van der Waals surface area (Å²) < 4.78 is 0. The number of carbonyl (C=O) groups is 2. The first-order valence-corrected chi connectivity index (χ1v) is 13.7. The van der Waals surface area contributed by atoms with E-state index in [2.05, 4.69) is 54.5 Å². The number of rotatable bonds is 5. The van der Waals surface area contributed by atoms with E-state index in [9.17, 15) is 9.59 Å². The molecule has 2 unspecified atom stereocenters. The van der Waals surface area contributed by atoms with Crippen LogP contribution in [0.25, 0.3) is 0 Å². The van der Waals surface area contributed by atoms with E-state index in [4.69, 9.17) is 0 Å². The molecule has 178 valence electrons. The monoisotopic (exact) mass is 493 g/mol. The maximum atomic E-state index is 13.4. The number of thiophene rings is 2. The molecule has 2 aromatic heterocycles. The largest absolute Gasteiger partial charge is 0.338 e. The number of aryl methyl sites for hydroxylation is 1. The molecule has 0 radical (unpaired) electrons. The Morgan fingerprint density at radius 2 is 1.79 bits per heavy atom. The Bertz CT molecular complexity index is 1160. The average Bonchev–Trinajstić information content (AvgIpc) is 3.51. The summed E-state index contributed by atoms with van der Waals surface area (Å²) in [5.41, 5.74) is 3.89. The molecule has 0 N–H and O–H groups in total. The molecular formula is C27H31N3O2S2. The molecule has 2 aliphatic rings. The van der Waals surface area contributed by atoms with Gasteiger partial charge in [0.25, 0.3) is 0 Å². The fourth-order valence-electron chi connectivity index (χ4n) is 5.29. The van der Waals surface area contributed by atoms with Gasteiger partial charge in [-0.1, -0.05) is 30.3 Å². The van der Waals surface area contributed by atoms with E-state index in [0.717, 1.165) is 17.8 Å². The number of hydrogen-bond donors (Lipinski definition) is 0. The first kappa shape index (κ1) is 23.3. The fourth-order valence-corrected chi connectivity index (χ4v) is 6.89. The van der Waals surface area contributed by atoms with Crippen LogP contribution in [0.1, 0.15) is 39.4 Å². The van der Waals surface area contributed by atoms with Crippen molar-refractivity contribution >= 4 is 34.5 Å². The lowest BCUT2D eigenvalue weighted by Gasteiger charge is -2.42. The molecule has 0 aliphatic carbocycles. The van der Waals surface area contributed by atoms with Gasteiger partial charge in [-0.3, -0.25) is 14.5 Å². The van der Waals surface area contributed by atoms with Gasteiger partial charge in [0.1, 0.15) is 0 Å². The van der Waals surface area contributed by atoms with Crippen LogP contribution in [-0.2, 0) is 22.4 Å². The molecule has 2 atom stereocenters. The molecule has 5 nitrogen and oxygen atoms in total. The number of nitrogens with zero attached hydrogens (tertiary/aromatic N) is 3. The van der Waals surface area contributed by atoms with Crippen molar-refractivity contribution in [2.24, 2.45) is 0 Å². The highest BCUT2D eigenvalue weighted by atomic mass is 32.1. The van der Waals surface area contributed by atoms with Gasteiger partial charge in [-0.25, -0.2) is 0 Å². The highest BCUT2D eigenvalue weighted by molar-refractivity contribution is 7.10. The molecule has 0 bridgehead atoms. The maximum absolute atomic E-state index is 13.4. The Balaban J connectivity index is 1.27. The third-order valence-corrected chi connectivity index (χ3v) is 8.97. The van der Waals surface area contributed by atoms with Crippen LogP contribution in [0.15, 0.2) is 53.2 Å². The van der Waals surface area contributed by atoms with Gasteiger partial charge in [-0.2, -0.15) is 0 Å². The Morgan fingerprint density at radius 1 is 0.941 bits per heavy atom. The molecular weight excluding hydrogens is 462 g/mol. The van der Waals surface area contributed by atoms with Crippen LogP contribution in [0.2, 0.25) is 0 Å². The van der Waals surface area contributed by atoms with Crippen molar-refractivity contribution < 1.29 is 9.59 Å². The van der Waals surface area contributed by atoms with Crippen LogP contribution in [0.5, 0.6) is 0 Å². The van der Waals surface area contributed by atoms with Crippen molar-refractivity contribution in [1.29, 1.82) is 0 Å². The van der Waals surface area contributed by atoms with E-state index < -0.39 is 0 Å². The van der Waals surface area contributed by atoms with Crippen molar-refractivity contribution in [3.8, 4) is 0 Å². The normalized spacial score (nSPS) is 20.9. The van der Waals surface area contributed by atoms with Crippen molar-refractivity contribution in [2.45, 2.75) is 38.8 Å². The fraction of sp³-hybridized carbons (Fsp3) is 0.407. The second-order valence-corrected chi connectivity index (χ2v) is 11.3. The van der Waals surface area contributed by atoms with Crippen molar-refractivity contribution in [1.82, 2.24) is 14.7 Å². The lowest BCUT2D eigenvalue weighted by atomic mass is 9.90. The first-order valence-electron chi connectivity index (χ1n) is 12.0. The summed E-state index contributed by atoms with van der Waals surface area (Å²) in [7, 11) is 0. The zero-order valence-corrected chi connectivity index (χ0v) is 21.4. The summed E-state index contributed by atoms with van der Waals surface area (Å²) in [6.07, 6.45) is 1.44. The zero-order valence-electron chi connectivity index (χ0n) is 19.8. The van der Waals surface area contributed by atoms with Gasteiger partial charge in [-0.15, -0.1) is 22.7 Å². The van der Waals surface area contributed by atoms with E-state index in [1.165, 1.54) is 21.6 Å². The van der Waals surface area contributed by atoms with Gasteiger partial charge in [0.2, 0.25) is 11.8 Å². The van der Waals surface area contributed by atoms with Crippen LogP contribution in [-0.4, -0.2) is 65.3 Å². The molecule has 3 aromatic rings. The summed E-state index contributed by atoms with van der Waals surface area (Å²) in [6.45, 7) is 7.31. The molecule has 2 aliphatic heterocycles. The molecule has 1 saturated heterocycles. The molecule has 1 fully saturated rings. The Labute approximate surface area is 209 Å².